The molecule has 0 spiro atoms. The molecule has 242 valence electrons. The van der Waals surface area contributed by atoms with Crippen LogP contribution in [-0.2, 0) is 0 Å². The third-order valence-electron chi connectivity index (χ3n) is 8.99. The number of rotatable bonds is 34. The smallest absolute Gasteiger partial charge is 0.00489 e. The summed E-state index contributed by atoms with van der Waals surface area (Å²) in [6.45, 7) is 11.9. The van der Waals surface area contributed by atoms with Crippen LogP contribution in [0.15, 0.2) is 0 Å². The van der Waals surface area contributed by atoms with E-state index in [1.54, 1.807) is 0 Å². The minimum atomic E-state index is 0.530. The van der Waals surface area contributed by atoms with Gasteiger partial charge in [-0.1, -0.05) is 214 Å². The lowest BCUT2D eigenvalue weighted by atomic mass is 9.89. The molecule has 0 unspecified atom stereocenters. The maximum absolute atomic E-state index is 3.69. The molecule has 1 N–H and O–H groups in total. The molecule has 0 amide bonds. The molecule has 1 nitrogen and oxygen atoms in total. The zero-order valence-corrected chi connectivity index (χ0v) is 29.0. The van der Waals surface area contributed by atoms with Gasteiger partial charge in [-0.25, -0.2) is 0 Å². The largest absolute Gasteiger partial charge is 0.317 e. The van der Waals surface area contributed by atoms with Gasteiger partial charge < -0.3 is 5.32 Å². The summed E-state index contributed by atoms with van der Waals surface area (Å²) in [4.78, 5) is 0. The monoisotopic (exact) mass is 564 g/mol. The molecule has 0 fully saturated rings. The molecule has 0 saturated heterocycles. The Morgan fingerprint density at radius 1 is 0.300 bits per heavy atom. The predicted molar refractivity (Wildman–Crippen MR) is 186 cm³/mol. The van der Waals surface area contributed by atoms with Crippen LogP contribution < -0.4 is 5.32 Å². The zero-order chi connectivity index (χ0) is 29.2. The normalized spacial score (nSPS) is 12.0. The molecule has 0 rings (SSSR count). The first kappa shape index (κ1) is 40.0. The number of unbranched alkanes of at least 4 members (excludes halogenated alkanes) is 29. The van der Waals surface area contributed by atoms with Crippen molar-refractivity contribution in [3.8, 4) is 0 Å². The van der Waals surface area contributed by atoms with Gasteiger partial charge in [0.05, 0.1) is 0 Å². The van der Waals surface area contributed by atoms with E-state index in [9.17, 15) is 0 Å². The van der Waals surface area contributed by atoms with Gasteiger partial charge >= 0.3 is 0 Å². The van der Waals surface area contributed by atoms with Crippen molar-refractivity contribution >= 4 is 0 Å². The Bertz CT molecular complexity index is 437. The molecule has 0 aromatic heterocycles. The summed E-state index contributed by atoms with van der Waals surface area (Å²) < 4.78 is 0. The van der Waals surface area contributed by atoms with E-state index in [4.69, 9.17) is 0 Å². The molecule has 0 radical (unpaired) electrons. The second-order valence-corrected chi connectivity index (χ2v) is 14.7. The van der Waals surface area contributed by atoms with Crippen LogP contribution in [0.1, 0.15) is 233 Å². The van der Waals surface area contributed by atoms with Gasteiger partial charge in [0.25, 0.3) is 0 Å². The molecule has 0 aliphatic heterocycles. The van der Waals surface area contributed by atoms with Crippen LogP contribution in [0.5, 0.6) is 0 Å². The molecular weight excluding hydrogens is 482 g/mol. The molecule has 0 atom stereocenters. The molecule has 1 heteroatoms. The summed E-state index contributed by atoms with van der Waals surface area (Å²) in [5, 5.41) is 3.69. The van der Waals surface area contributed by atoms with Crippen LogP contribution in [0.3, 0.4) is 0 Å². The van der Waals surface area contributed by atoms with Gasteiger partial charge in [0.1, 0.15) is 0 Å². The Hall–Kier alpha value is -0.0400. The summed E-state index contributed by atoms with van der Waals surface area (Å²) in [5.41, 5.74) is 0.530. The van der Waals surface area contributed by atoms with Crippen molar-refractivity contribution in [2.24, 2.45) is 5.41 Å². The van der Waals surface area contributed by atoms with Gasteiger partial charge in [-0.05, 0) is 37.8 Å². The second-order valence-electron chi connectivity index (χ2n) is 14.7. The zero-order valence-electron chi connectivity index (χ0n) is 29.0. The van der Waals surface area contributed by atoms with Crippen molar-refractivity contribution in [1.82, 2.24) is 5.32 Å². The minimum Gasteiger partial charge on any atom is -0.317 e. The lowest BCUT2D eigenvalue weighted by Crippen LogP contribution is -2.16. The Kier molecular flexibility index (Phi) is 33.4. The van der Waals surface area contributed by atoms with Gasteiger partial charge in [-0.3, -0.25) is 0 Å². The standard InChI is InChI=1S/C39H81N/c1-5-6-7-8-9-10-11-12-13-16-19-22-25-28-31-34-37-40-38-35-32-29-26-23-20-17-14-15-18-21-24-27-30-33-36-39(2,3)4/h40H,5-38H2,1-4H3. The van der Waals surface area contributed by atoms with E-state index in [-0.39, 0.29) is 0 Å². The fourth-order valence-corrected chi connectivity index (χ4v) is 6.13. The summed E-state index contributed by atoms with van der Waals surface area (Å²) >= 11 is 0. The highest BCUT2D eigenvalue weighted by Gasteiger charge is 2.08. The molecule has 0 aliphatic rings. The van der Waals surface area contributed by atoms with Gasteiger partial charge in [-0.2, -0.15) is 0 Å². The number of hydrogen-bond donors (Lipinski definition) is 1. The lowest BCUT2D eigenvalue weighted by Gasteiger charge is -2.17. The van der Waals surface area contributed by atoms with Crippen LogP contribution in [0.25, 0.3) is 0 Å². The molecule has 0 bridgehead atoms. The highest BCUT2D eigenvalue weighted by molar-refractivity contribution is 4.61. The molecule has 40 heavy (non-hydrogen) atoms. The van der Waals surface area contributed by atoms with E-state index in [1.807, 2.05) is 0 Å². The first-order chi connectivity index (χ1) is 19.6. The van der Waals surface area contributed by atoms with Crippen molar-refractivity contribution in [3.05, 3.63) is 0 Å². The third kappa shape index (κ3) is 38.0. The molecule has 0 aromatic carbocycles. The van der Waals surface area contributed by atoms with Crippen molar-refractivity contribution in [2.75, 3.05) is 13.1 Å². The first-order valence-corrected chi connectivity index (χ1v) is 19.3. The summed E-state index contributed by atoms with van der Waals surface area (Å²) in [6, 6.07) is 0. The number of nitrogens with one attached hydrogen (secondary N) is 1. The van der Waals surface area contributed by atoms with Gasteiger partial charge in [0.2, 0.25) is 0 Å². The second kappa shape index (κ2) is 33.5. The van der Waals surface area contributed by atoms with Crippen LogP contribution in [0, 0.1) is 5.41 Å². The van der Waals surface area contributed by atoms with E-state index in [1.165, 1.54) is 219 Å². The fourth-order valence-electron chi connectivity index (χ4n) is 6.13. The molecule has 0 saturated carbocycles. The first-order valence-electron chi connectivity index (χ1n) is 19.3. The highest BCUT2D eigenvalue weighted by atomic mass is 14.8. The lowest BCUT2D eigenvalue weighted by molar-refractivity contribution is 0.356. The summed E-state index contributed by atoms with van der Waals surface area (Å²) in [6.07, 6.45) is 46.6. The van der Waals surface area contributed by atoms with Gasteiger partial charge in [0, 0.05) is 0 Å². The van der Waals surface area contributed by atoms with Crippen LogP contribution >= 0.6 is 0 Å². The highest BCUT2D eigenvalue weighted by Crippen LogP contribution is 2.23. The topological polar surface area (TPSA) is 12.0 Å². The molecular formula is C39H81N. The molecule has 0 aliphatic carbocycles. The third-order valence-corrected chi connectivity index (χ3v) is 8.99. The average molecular weight is 564 g/mol. The quantitative estimate of drug-likeness (QED) is 0.0767. The van der Waals surface area contributed by atoms with Crippen molar-refractivity contribution in [1.29, 1.82) is 0 Å². The maximum atomic E-state index is 3.69. The summed E-state index contributed by atoms with van der Waals surface area (Å²) in [5.74, 6) is 0. The fraction of sp³-hybridized carbons (Fsp3) is 1.00. The van der Waals surface area contributed by atoms with E-state index in [0.29, 0.717) is 5.41 Å². The van der Waals surface area contributed by atoms with Crippen LogP contribution in [0.2, 0.25) is 0 Å². The van der Waals surface area contributed by atoms with Gasteiger partial charge in [0.15, 0.2) is 0 Å². The number of hydrogen-bond acceptors (Lipinski definition) is 1. The van der Waals surface area contributed by atoms with Crippen LogP contribution in [0.4, 0.5) is 0 Å². The average Bonchev–Trinajstić information content (AvgIpc) is 2.92. The van der Waals surface area contributed by atoms with E-state index in [2.05, 4.69) is 33.0 Å². The molecule has 0 heterocycles. The Morgan fingerprint density at radius 3 is 0.775 bits per heavy atom. The van der Waals surface area contributed by atoms with Gasteiger partial charge in [-0.15, -0.1) is 0 Å². The maximum Gasteiger partial charge on any atom is -0.00489 e. The Balaban J connectivity index is 3.04. The van der Waals surface area contributed by atoms with Crippen molar-refractivity contribution < 1.29 is 0 Å². The Morgan fingerprint density at radius 2 is 0.525 bits per heavy atom. The van der Waals surface area contributed by atoms with E-state index < -0.39 is 0 Å². The van der Waals surface area contributed by atoms with E-state index >= 15 is 0 Å². The van der Waals surface area contributed by atoms with Crippen molar-refractivity contribution in [2.45, 2.75) is 233 Å². The van der Waals surface area contributed by atoms with Crippen molar-refractivity contribution in [3.63, 3.8) is 0 Å². The van der Waals surface area contributed by atoms with Crippen LogP contribution in [-0.4, -0.2) is 13.1 Å². The predicted octanol–water partition coefficient (Wildman–Crippen LogP) is 14.1. The SMILES string of the molecule is CCCCCCCCCCCCCCCCCCNCCCCCCCCCCCCCCCCCC(C)(C)C. The minimum absolute atomic E-state index is 0.530. The van der Waals surface area contributed by atoms with E-state index in [0.717, 1.165) is 0 Å². The molecule has 0 aromatic rings. The summed E-state index contributed by atoms with van der Waals surface area (Å²) in [7, 11) is 0. The Labute approximate surface area is 256 Å².